The van der Waals surface area contributed by atoms with Gasteiger partial charge in [-0.2, -0.15) is 0 Å². The summed E-state index contributed by atoms with van der Waals surface area (Å²) >= 11 is 0. The van der Waals surface area contributed by atoms with Gasteiger partial charge in [-0.05, 0) is 25.6 Å². The molecule has 3 nitrogen and oxygen atoms in total. The number of anilines is 1. The van der Waals surface area contributed by atoms with Gasteiger partial charge in [-0.3, -0.25) is 4.90 Å². The third-order valence-corrected chi connectivity index (χ3v) is 2.74. The molecular weight excluding hydrogens is 219 g/mol. The Kier molecular flexibility index (Phi) is 5.94. The van der Waals surface area contributed by atoms with Crippen LogP contribution in [0.3, 0.4) is 0 Å². The molecule has 0 radical (unpaired) electrons. The van der Waals surface area contributed by atoms with Crippen LogP contribution in [0.15, 0.2) is 18.2 Å². The highest BCUT2D eigenvalue weighted by molar-refractivity contribution is 5.47. The van der Waals surface area contributed by atoms with Crippen LogP contribution in [0.5, 0.6) is 0 Å². The molecule has 0 saturated carbocycles. The summed E-state index contributed by atoms with van der Waals surface area (Å²) in [5.41, 5.74) is 6.87. The lowest BCUT2D eigenvalue weighted by atomic mass is 10.1. The van der Waals surface area contributed by atoms with Crippen LogP contribution >= 0.6 is 0 Å². The molecule has 96 valence electrons. The summed E-state index contributed by atoms with van der Waals surface area (Å²) in [6.07, 6.45) is 0. The zero-order valence-corrected chi connectivity index (χ0v) is 10.6. The fourth-order valence-electron chi connectivity index (χ4n) is 1.65. The van der Waals surface area contributed by atoms with Gasteiger partial charge in [0, 0.05) is 30.9 Å². The number of nitrogens with two attached hydrogens (primary N) is 1. The number of benzene rings is 1. The van der Waals surface area contributed by atoms with Gasteiger partial charge in [0.25, 0.3) is 0 Å². The summed E-state index contributed by atoms with van der Waals surface area (Å²) in [6.45, 7) is 7.55. The molecule has 4 heteroatoms. The molecule has 17 heavy (non-hydrogen) atoms. The van der Waals surface area contributed by atoms with Gasteiger partial charge in [0.05, 0.1) is 6.61 Å². The van der Waals surface area contributed by atoms with Crippen molar-refractivity contribution >= 4 is 5.69 Å². The van der Waals surface area contributed by atoms with Crippen LogP contribution < -0.4 is 5.73 Å². The van der Waals surface area contributed by atoms with Crippen LogP contribution in [0, 0.1) is 5.82 Å². The number of halogens is 1. The third kappa shape index (κ3) is 4.32. The predicted molar refractivity (Wildman–Crippen MR) is 68.3 cm³/mol. The largest absolute Gasteiger partial charge is 0.398 e. The molecule has 1 rings (SSSR count). The molecular formula is C13H21FN2O. The first-order valence-electron chi connectivity index (χ1n) is 6.02. The van der Waals surface area contributed by atoms with Crippen LogP contribution in [-0.2, 0) is 11.3 Å². The van der Waals surface area contributed by atoms with Crippen molar-refractivity contribution in [3.63, 3.8) is 0 Å². The molecule has 0 unspecified atom stereocenters. The maximum atomic E-state index is 13.6. The minimum absolute atomic E-state index is 0.236. The molecule has 1 aromatic rings. The van der Waals surface area contributed by atoms with Crippen LogP contribution in [0.1, 0.15) is 19.4 Å². The van der Waals surface area contributed by atoms with Crippen molar-refractivity contribution in [2.24, 2.45) is 0 Å². The predicted octanol–water partition coefficient (Wildman–Crippen LogP) is 2.27. The normalized spacial score (nSPS) is 11.1. The summed E-state index contributed by atoms with van der Waals surface area (Å²) in [5.74, 6) is -0.236. The number of hydrogen-bond donors (Lipinski definition) is 1. The van der Waals surface area contributed by atoms with E-state index < -0.39 is 0 Å². The van der Waals surface area contributed by atoms with Crippen LogP contribution in [0.4, 0.5) is 10.1 Å². The quantitative estimate of drug-likeness (QED) is 0.587. The molecule has 0 bridgehead atoms. The van der Waals surface area contributed by atoms with Gasteiger partial charge in [-0.25, -0.2) is 4.39 Å². The van der Waals surface area contributed by atoms with Crippen molar-refractivity contribution in [1.82, 2.24) is 4.90 Å². The topological polar surface area (TPSA) is 38.5 Å². The van der Waals surface area contributed by atoms with E-state index in [9.17, 15) is 4.39 Å². The van der Waals surface area contributed by atoms with Crippen molar-refractivity contribution in [2.75, 3.05) is 32.0 Å². The van der Waals surface area contributed by atoms with Gasteiger partial charge in [0.15, 0.2) is 0 Å². The Morgan fingerprint density at radius 1 is 1.35 bits per heavy atom. The molecule has 1 aromatic carbocycles. The van der Waals surface area contributed by atoms with Crippen molar-refractivity contribution in [2.45, 2.75) is 20.4 Å². The Bertz CT molecular complexity index is 324. The van der Waals surface area contributed by atoms with E-state index in [-0.39, 0.29) is 5.82 Å². The smallest absolute Gasteiger partial charge is 0.129 e. The van der Waals surface area contributed by atoms with Crippen molar-refractivity contribution in [3.8, 4) is 0 Å². The minimum Gasteiger partial charge on any atom is -0.398 e. The Morgan fingerprint density at radius 3 is 2.71 bits per heavy atom. The lowest BCUT2D eigenvalue weighted by Crippen LogP contribution is -2.27. The van der Waals surface area contributed by atoms with Gasteiger partial charge >= 0.3 is 0 Å². The molecule has 0 aliphatic carbocycles. The standard InChI is InChI=1S/C13H21FN2O/c1-3-16(8-9-17-4-2)10-11-12(14)6-5-7-13(11)15/h5-7H,3-4,8-10,15H2,1-2H3. The maximum absolute atomic E-state index is 13.6. The van der Waals surface area contributed by atoms with Crippen molar-refractivity contribution in [3.05, 3.63) is 29.6 Å². The van der Waals surface area contributed by atoms with Crippen molar-refractivity contribution in [1.29, 1.82) is 0 Å². The van der Waals surface area contributed by atoms with E-state index in [0.717, 1.165) is 13.1 Å². The van der Waals surface area contributed by atoms with Crippen LogP contribution in [0.2, 0.25) is 0 Å². The number of nitrogen functional groups attached to an aromatic ring is 1. The average molecular weight is 240 g/mol. The third-order valence-electron chi connectivity index (χ3n) is 2.74. The summed E-state index contributed by atoms with van der Waals surface area (Å²) < 4.78 is 18.9. The zero-order valence-electron chi connectivity index (χ0n) is 10.6. The number of nitrogens with zero attached hydrogens (tertiary/aromatic N) is 1. The highest BCUT2D eigenvalue weighted by Gasteiger charge is 2.10. The van der Waals surface area contributed by atoms with Crippen LogP contribution in [0.25, 0.3) is 0 Å². The summed E-state index contributed by atoms with van der Waals surface area (Å²) in [5, 5.41) is 0. The summed E-state index contributed by atoms with van der Waals surface area (Å²) in [7, 11) is 0. The molecule has 0 aliphatic heterocycles. The Morgan fingerprint density at radius 2 is 2.12 bits per heavy atom. The fourth-order valence-corrected chi connectivity index (χ4v) is 1.65. The second-order valence-electron chi connectivity index (χ2n) is 3.87. The second-order valence-corrected chi connectivity index (χ2v) is 3.87. The molecule has 0 fully saturated rings. The van der Waals surface area contributed by atoms with E-state index in [0.29, 0.717) is 31.0 Å². The molecule has 0 aliphatic rings. The van der Waals surface area contributed by atoms with E-state index in [1.165, 1.54) is 6.07 Å². The summed E-state index contributed by atoms with van der Waals surface area (Å²) in [4.78, 5) is 2.12. The van der Waals surface area contributed by atoms with Gasteiger partial charge in [0.1, 0.15) is 5.82 Å². The van der Waals surface area contributed by atoms with E-state index in [2.05, 4.69) is 4.90 Å². The highest BCUT2D eigenvalue weighted by atomic mass is 19.1. The lowest BCUT2D eigenvalue weighted by Gasteiger charge is -2.21. The maximum Gasteiger partial charge on any atom is 0.129 e. The fraction of sp³-hybridized carbons (Fsp3) is 0.538. The van der Waals surface area contributed by atoms with E-state index >= 15 is 0 Å². The first-order valence-corrected chi connectivity index (χ1v) is 6.02. The average Bonchev–Trinajstić information content (AvgIpc) is 2.32. The lowest BCUT2D eigenvalue weighted by molar-refractivity contribution is 0.112. The molecule has 0 atom stereocenters. The van der Waals surface area contributed by atoms with E-state index in [1.807, 2.05) is 13.8 Å². The number of rotatable bonds is 7. The van der Waals surface area contributed by atoms with Gasteiger partial charge in [-0.15, -0.1) is 0 Å². The van der Waals surface area contributed by atoms with Gasteiger partial charge in [-0.1, -0.05) is 13.0 Å². The molecule has 0 heterocycles. The molecule has 2 N–H and O–H groups in total. The highest BCUT2D eigenvalue weighted by Crippen LogP contribution is 2.17. The molecule has 0 aromatic heterocycles. The first kappa shape index (κ1) is 13.9. The van der Waals surface area contributed by atoms with E-state index in [4.69, 9.17) is 10.5 Å². The SMILES string of the molecule is CCOCCN(CC)Cc1c(N)cccc1F. The molecule has 0 spiro atoms. The Balaban J connectivity index is 2.60. The Labute approximate surface area is 102 Å². The Hall–Kier alpha value is -1.13. The number of hydrogen-bond acceptors (Lipinski definition) is 3. The number of likely N-dealkylation sites (N-methyl/N-ethyl adjacent to an activating group) is 1. The monoisotopic (exact) mass is 240 g/mol. The van der Waals surface area contributed by atoms with Gasteiger partial charge in [0.2, 0.25) is 0 Å². The second kappa shape index (κ2) is 7.25. The molecule has 0 saturated heterocycles. The summed E-state index contributed by atoms with van der Waals surface area (Å²) in [6, 6.07) is 4.81. The first-order chi connectivity index (χ1) is 8.19. The van der Waals surface area contributed by atoms with Gasteiger partial charge < -0.3 is 10.5 Å². The molecule has 0 amide bonds. The zero-order chi connectivity index (χ0) is 12.7. The van der Waals surface area contributed by atoms with Crippen molar-refractivity contribution < 1.29 is 9.13 Å². The van der Waals surface area contributed by atoms with E-state index in [1.54, 1.807) is 12.1 Å². The minimum atomic E-state index is -0.236. The van der Waals surface area contributed by atoms with Crippen LogP contribution in [-0.4, -0.2) is 31.2 Å². The number of ether oxygens (including phenoxy) is 1.